The van der Waals surface area contributed by atoms with Crippen LogP contribution in [0.4, 0.5) is 0 Å². The van der Waals surface area contributed by atoms with Gasteiger partial charge in [-0.2, -0.15) is 0 Å². The lowest BCUT2D eigenvalue weighted by molar-refractivity contribution is -0.152. The number of esters is 1. The Bertz CT molecular complexity index is 1110. The average molecular weight is 923 g/mol. The maximum absolute atomic E-state index is 13.0. The molecule has 384 valence electrons. The maximum Gasteiger partial charge on any atom is 0.305 e. The second-order valence-electron chi connectivity index (χ2n) is 19.7. The molecule has 0 radical (unpaired) electrons. The summed E-state index contributed by atoms with van der Waals surface area (Å²) in [6.45, 7) is 10.5. The summed E-state index contributed by atoms with van der Waals surface area (Å²) in [6.07, 6.45) is 71.1. The van der Waals surface area contributed by atoms with E-state index in [0.29, 0.717) is 26.2 Å². The first-order valence-electron chi connectivity index (χ1n) is 28.4. The summed E-state index contributed by atoms with van der Waals surface area (Å²) >= 11 is 0. The van der Waals surface area contributed by atoms with Crippen molar-refractivity contribution in [3.8, 4) is 0 Å². The quantitative estimate of drug-likeness (QED) is 0.0346. The number of carbonyl (C=O) groups excluding carboxylic acids is 1. The molecule has 5 heteroatoms. The van der Waals surface area contributed by atoms with Crippen LogP contribution in [0.3, 0.4) is 0 Å². The van der Waals surface area contributed by atoms with Gasteiger partial charge in [-0.3, -0.25) is 4.79 Å². The molecule has 0 aromatic carbocycles. The van der Waals surface area contributed by atoms with Crippen molar-refractivity contribution in [2.45, 2.75) is 252 Å². The summed E-state index contributed by atoms with van der Waals surface area (Å²) in [4.78, 5) is 15.2. The maximum atomic E-state index is 13.0. The Hall–Kier alpha value is -2.21. The Kier molecular flexibility index (Phi) is 51.9. The third-order valence-corrected chi connectivity index (χ3v) is 12.3. The molecule has 0 atom stereocenters. The largest absolute Gasteiger partial charge is 0.465 e. The van der Waals surface area contributed by atoms with Gasteiger partial charge in [-0.25, -0.2) is 0 Å². The standard InChI is InChI=1S/C61H111NO4/c1-6-9-12-15-18-21-24-27-30-33-36-39-42-45-48-51-54-64-57-61(56-62(4)5,58-65-55-52-49-46-43-40-37-34-31-28-25-22-19-16-13-10-7-2)59-66-60(63)53-50-47-44-41-38-35-32-29-26-23-20-17-14-11-8-3/h18-23,27-32H,6-17,24-26,33-59H2,1-5H3/b21-18-,22-19-,23-20-,30-27-,31-28-,32-29-. The molecule has 0 unspecified atom stereocenters. The first kappa shape index (κ1) is 63.8. The fourth-order valence-corrected chi connectivity index (χ4v) is 8.28. The van der Waals surface area contributed by atoms with E-state index in [4.69, 9.17) is 14.2 Å². The summed E-state index contributed by atoms with van der Waals surface area (Å²) in [5, 5.41) is 0. The Morgan fingerprint density at radius 1 is 0.379 bits per heavy atom. The van der Waals surface area contributed by atoms with Crippen molar-refractivity contribution in [1.29, 1.82) is 0 Å². The van der Waals surface area contributed by atoms with Gasteiger partial charge in [0, 0.05) is 26.2 Å². The molecule has 0 heterocycles. The van der Waals surface area contributed by atoms with Crippen LogP contribution < -0.4 is 0 Å². The van der Waals surface area contributed by atoms with Crippen molar-refractivity contribution >= 4 is 5.97 Å². The van der Waals surface area contributed by atoms with Crippen LogP contribution in [0.5, 0.6) is 0 Å². The molecule has 0 spiro atoms. The molecule has 0 bridgehead atoms. The van der Waals surface area contributed by atoms with Gasteiger partial charge in [0.1, 0.15) is 6.61 Å². The highest BCUT2D eigenvalue weighted by Gasteiger charge is 2.34. The Labute approximate surface area is 412 Å². The van der Waals surface area contributed by atoms with E-state index in [2.05, 4.69) is 113 Å². The van der Waals surface area contributed by atoms with Gasteiger partial charge in [0.05, 0.1) is 18.6 Å². The van der Waals surface area contributed by atoms with Crippen molar-refractivity contribution < 1.29 is 19.0 Å². The first-order valence-corrected chi connectivity index (χ1v) is 28.4. The number of allylic oxidation sites excluding steroid dienone is 12. The summed E-state index contributed by atoms with van der Waals surface area (Å²) < 4.78 is 18.8. The van der Waals surface area contributed by atoms with E-state index in [9.17, 15) is 4.79 Å². The number of nitrogens with zero attached hydrogens (tertiary/aromatic N) is 1. The molecule has 0 fully saturated rings. The summed E-state index contributed by atoms with van der Waals surface area (Å²) in [5.74, 6) is -0.0842. The Morgan fingerprint density at radius 2 is 0.682 bits per heavy atom. The van der Waals surface area contributed by atoms with Crippen LogP contribution in [0.1, 0.15) is 252 Å². The van der Waals surface area contributed by atoms with E-state index < -0.39 is 0 Å². The minimum absolute atomic E-state index is 0.0842. The van der Waals surface area contributed by atoms with Crippen LogP contribution in [0, 0.1) is 5.41 Å². The highest BCUT2D eigenvalue weighted by molar-refractivity contribution is 5.69. The van der Waals surface area contributed by atoms with E-state index in [1.54, 1.807) is 0 Å². The minimum Gasteiger partial charge on any atom is -0.465 e. The predicted molar refractivity (Wildman–Crippen MR) is 292 cm³/mol. The Balaban J connectivity index is 4.67. The smallest absolute Gasteiger partial charge is 0.305 e. The zero-order valence-electron chi connectivity index (χ0n) is 44.7. The van der Waals surface area contributed by atoms with Crippen LogP contribution in [0.2, 0.25) is 0 Å². The number of rotatable bonds is 52. The van der Waals surface area contributed by atoms with Crippen LogP contribution in [-0.2, 0) is 19.0 Å². The van der Waals surface area contributed by atoms with Crippen molar-refractivity contribution in [2.24, 2.45) is 5.41 Å². The minimum atomic E-state index is -0.381. The molecule has 66 heavy (non-hydrogen) atoms. The molecule has 0 aliphatic heterocycles. The molecule has 0 N–H and O–H groups in total. The van der Waals surface area contributed by atoms with Gasteiger partial charge in [-0.05, 0) is 130 Å². The highest BCUT2D eigenvalue weighted by Crippen LogP contribution is 2.23. The fraction of sp³-hybridized carbons (Fsp3) is 0.787. The molecule has 0 saturated carbocycles. The summed E-state index contributed by atoms with van der Waals surface area (Å²) in [7, 11) is 4.20. The third kappa shape index (κ3) is 49.7. The van der Waals surface area contributed by atoms with Gasteiger partial charge >= 0.3 is 5.97 Å². The van der Waals surface area contributed by atoms with Gasteiger partial charge in [-0.15, -0.1) is 0 Å². The van der Waals surface area contributed by atoms with E-state index in [1.165, 1.54) is 173 Å². The van der Waals surface area contributed by atoms with Crippen molar-refractivity contribution in [3.05, 3.63) is 72.9 Å². The topological polar surface area (TPSA) is 48.0 Å². The molecular weight excluding hydrogens is 811 g/mol. The van der Waals surface area contributed by atoms with Crippen LogP contribution in [0.25, 0.3) is 0 Å². The lowest BCUT2D eigenvalue weighted by atomic mass is 9.90. The van der Waals surface area contributed by atoms with Crippen molar-refractivity contribution in [3.63, 3.8) is 0 Å². The van der Waals surface area contributed by atoms with Crippen LogP contribution >= 0.6 is 0 Å². The normalized spacial score (nSPS) is 12.7. The third-order valence-electron chi connectivity index (χ3n) is 12.3. The van der Waals surface area contributed by atoms with E-state index >= 15 is 0 Å². The Morgan fingerprint density at radius 3 is 1.02 bits per heavy atom. The molecule has 0 aliphatic rings. The summed E-state index contributed by atoms with van der Waals surface area (Å²) in [6, 6.07) is 0. The zero-order valence-corrected chi connectivity index (χ0v) is 44.7. The van der Waals surface area contributed by atoms with E-state index in [-0.39, 0.29) is 11.4 Å². The SMILES string of the molecule is CCCCC/C=C\C/C=C\CCCCCCCCOCC(COCCCCCCCC/C=C\C/C=C\CCCCC)(COC(=O)CCCCCCC/C=C\C/C=C\CCCCC)CN(C)C. The van der Waals surface area contributed by atoms with Gasteiger partial charge < -0.3 is 19.1 Å². The van der Waals surface area contributed by atoms with Gasteiger partial charge in [0.15, 0.2) is 0 Å². The first-order chi connectivity index (χ1) is 32.5. The van der Waals surface area contributed by atoms with Crippen molar-refractivity contribution in [2.75, 3.05) is 53.7 Å². The monoisotopic (exact) mass is 922 g/mol. The molecule has 0 aliphatic carbocycles. The lowest BCUT2D eigenvalue weighted by Gasteiger charge is -2.35. The van der Waals surface area contributed by atoms with Gasteiger partial charge in [-0.1, -0.05) is 203 Å². The van der Waals surface area contributed by atoms with Gasteiger partial charge in [0.25, 0.3) is 0 Å². The predicted octanol–water partition coefficient (Wildman–Crippen LogP) is 18.6. The highest BCUT2D eigenvalue weighted by atomic mass is 16.5. The van der Waals surface area contributed by atoms with Crippen LogP contribution in [-0.4, -0.2) is 64.5 Å². The molecule has 0 amide bonds. The van der Waals surface area contributed by atoms with E-state index in [0.717, 1.165) is 71.1 Å². The number of hydrogen-bond acceptors (Lipinski definition) is 5. The second kappa shape index (κ2) is 53.7. The van der Waals surface area contributed by atoms with Crippen molar-refractivity contribution in [1.82, 2.24) is 4.90 Å². The number of unbranched alkanes of at least 4 members (excludes halogenated alkanes) is 26. The molecular formula is C61H111NO4. The second-order valence-corrected chi connectivity index (χ2v) is 19.7. The zero-order chi connectivity index (χ0) is 48.0. The molecule has 5 nitrogen and oxygen atoms in total. The number of hydrogen-bond donors (Lipinski definition) is 0. The number of ether oxygens (including phenoxy) is 3. The molecule has 0 rings (SSSR count). The lowest BCUT2D eigenvalue weighted by Crippen LogP contribution is -2.46. The average Bonchev–Trinajstić information content (AvgIpc) is 3.31. The molecule has 0 aromatic heterocycles. The van der Waals surface area contributed by atoms with Gasteiger partial charge in [0.2, 0.25) is 0 Å². The van der Waals surface area contributed by atoms with Crippen LogP contribution in [0.15, 0.2) is 72.9 Å². The molecule has 0 aromatic rings. The number of carbonyl (C=O) groups is 1. The summed E-state index contributed by atoms with van der Waals surface area (Å²) in [5.41, 5.74) is -0.381. The fourth-order valence-electron chi connectivity index (χ4n) is 8.28. The molecule has 0 saturated heterocycles. The van der Waals surface area contributed by atoms with E-state index in [1.807, 2.05) is 0 Å².